The van der Waals surface area contributed by atoms with Crippen LogP contribution >= 0.6 is 0 Å². The smallest absolute Gasteiger partial charge is 0.246 e. The second-order valence-electron chi connectivity index (χ2n) is 3.68. The zero-order valence-corrected chi connectivity index (χ0v) is 8.42. The molecule has 1 fully saturated rings. The highest BCUT2D eigenvalue weighted by Gasteiger charge is 2.12. The number of nitrogens with one attached hydrogen (secondary N) is 1. The van der Waals surface area contributed by atoms with Gasteiger partial charge in [0.25, 0.3) is 0 Å². The average molecular weight is 182 g/mol. The maximum absolute atomic E-state index is 11.5. The molecule has 0 aromatic rings. The summed E-state index contributed by atoms with van der Waals surface area (Å²) in [5.74, 6) is 0.599. The Hall–Kier alpha value is -0.830. The van der Waals surface area contributed by atoms with Crippen molar-refractivity contribution < 1.29 is 4.79 Å². The van der Waals surface area contributed by atoms with Crippen molar-refractivity contribution in [3.8, 4) is 0 Å². The number of carbonyl (C=O) groups excluding carboxylic acids is 1. The molecular formula is C10H18N2O. The van der Waals surface area contributed by atoms with E-state index in [4.69, 9.17) is 0 Å². The summed E-state index contributed by atoms with van der Waals surface area (Å²) in [4.78, 5) is 13.4. The van der Waals surface area contributed by atoms with Crippen LogP contribution in [0.3, 0.4) is 0 Å². The van der Waals surface area contributed by atoms with Gasteiger partial charge in [-0.3, -0.25) is 4.79 Å². The summed E-state index contributed by atoms with van der Waals surface area (Å²) in [5.41, 5.74) is 0. The number of amides is 1. The van der Waals surface area contributed by atoms with Crippen molar-refractivity contribution in [2.45, 2.75) is 13.8 Å². The summed E-state index contributed by atoms with van der Waals surface area (Å²) in [6, 6.07) is 0. The van der Waals surface area contributed by atoms with Gasteiger partial charge in [-0.1, -0.05) is 19.9 Å². The standard InChI is InChI=1S/C10H18N2O/c1-9(2)3-4-10(13)12-7-5-11-6-8-12/h3-4,9,11H,5-8H2,1-2H3/b4-3+. The van der Waals surface area contributed by atoms with Crippen LogP contribution in [-0.4, -0.2) is 37.0 Å². The number of carbonyl (C=O) groups is 1. The minimum atomic E-state index is 0.148. The highest BCUT2D eigenvalue weighted by atomic mass is 16.2. The first-order chi connectivity index (χ1) is 6.20. The van der Waals surface area contributed by atoms with Gasteiger partial charge in [-0.05, 0) is 12.0 Å². The summed E-state index contributed by atoms with van der Waals surface area (Å²) < 4.78 is 0. The zero-order chi connectivity index (χ0) is 9.68. The van der Waals surface area contributed by atoms with Crippen LogP contribution in [0.25, 0.3) is 0 Å². The molecule has 1 aliphatic heterocycles. The molecule has 0 aromatic carbocycles. The average Bonchev–Trinajstić information content (AvgIpc) is 2.15. The number of piperazine rings is 1. The first kappa shape index (κ1) is 10.3. The quantitative estimate of drug-likeness (QED) is 0.635. The molecule has 3 heteroatoms. The van der Waals surface area contributed by atoms with E-state index in [-0.39, 0.29) is 5.91 Å². The summed E-state index contributed by atoms with van der Waals surface area (Å²) in [6.45, 7) is 7.65. The molecule has 13 heavy (non-hydrogen) atoms. The normalized spacial score (nSPS) is 18.5. The monoisotopic (exact) mass is 182 g/mol. The second-order valence-corrected chi connectivity index (χ2v) is 3.68. The SMILES string of the molecule is CC(C)/C=C/C(=O)N1CCNCC1. The Balaban J connectivity index is 2.37. The van der Waals surface area contributed by atoms with Gasteiger partial charge in [0, 0.05) is 26.2 Å². The molecule has 1 N–H and O–H groups in total. The molecule has 0 radical (unpaired) electrons. The fourth-order valence-electron chi connectivity index (χ4n) is 1.27. The van der Waals surface area contributed by atoms with E-state index < -0.39 is 0 Å². The Labute approximate surface area is 79.8 Å². The molecule has 0 atom stereocenters. The number of hydrogen-bond donors (Lipinski definition) is 1. The van der Waals surface area contributed by atoms with Crippen LogP contribution in [0.1, 0.15) is 13.8 Å². The van der Waals surface area contributed by atoms with E-state index in [1.807, 2.05) is 11.0 Å². The van der Waals surface area contributed by atoms with Gasteiger partial charge in [0.1, 0.15) is 0 Å². The molecule has 0 aliphatic carbocycles. The van der Waals surface area contributed by atoms with E-state index in [1.165, 1.54) is 0 Å². The highest BCUT2D eigenvalue weighted by molar-refractivity contribution is 5.87. The molecule has 0 saturated carbocycles. The van der Waals surface area contributed by atoms with E-state index in [1.54, 1.807) is 6.08 Å². The Morgan fingerprint density at radius 2 is 2.00 bits per heavy atom. The number of nitrogens with zero attached hydrogens (tertiary/aromatic N) is 1. The van der Waals surface area contributed by atoms with Gasteiger partial charge >= 0.3 is 0 Å². The molecular weight excluding hydrogens is 164 g/mol. The van der Waals surface area contributed by atoms with Crippen molar-refractivity contribution in [2.24, 2.45) is 5.92 Å². The molecule has 1 rings (SSSR count). The Kier molecular flexibility index (Phi) is 3.96. The summed E-state index contributed by atoms with van der Waals surface area (Å²) in [6.07, 6.45) is 3.64. The third-order valence-electron chi connectivity index (χ3n) is 2.05. The molecule has 0 aromatic heterocycles. The van der Waals surface area contributed by atoms with Gasteiger partial charge in [-0.2, -0.15) is 0 Å². The predicted octanol–water partition coefficient (Wildman–Crippen LogP) is 0.630. The minimum absolute atomic E-state index is 0.148. The van der Waals surface area contributed by atoms with Gasteiger partial charge in [-0.15, -0.1) is 0 Å². The van der Waals surface area contributed by atoms with E-state index in [0.717, 1.165) is 26.2 Å². The molecule has 0 bridgehead atoms. The number of hydrogen-bond acceptors (Lipinski definition) is 2. The van der Waals surface area contributed by atoms with Gasteiger partial charge in [0.15, 0.2) is 0 Å². The first-order valence-electron chi connectivity index (χ1n) is 4.88. The summed E-state index contributed by atoms with van der Waals surface area (Å²) in [5, 5.41) is 3.22. The lowest BCUT2D eigenvalue weighted by molar-refractivity contribution is -0.126. The van der Waals surface area contributed by atoms with Crippen molar-refractivity contribution in [1.82, 2.24) is 10.2 Å². The van der Waals surface area contributed by atoms with Crippen molar-refractivity contribution in [3.05, 3.63) is 12.2 Å². The molecule has 0 unspecified atom stereocenters. The van der Waals surface area contributed by atoms with Crippen LogP contribution < -0.4 is 5.32 Å². The summed E-state index contributed by atoms with van der Waals surface area (Å²) >= 11 is 0. The van der Waals surface area contributed by atoms with Crippen molar-refractivity contribution in [2.75, 3.05) is 26.2 Å². The summed E-state index contributed by atoms with van der Waals surface area (Å²) in [7, 11) is 0. The van der Waals surface area contributed by atoms with Crippen molar-refractivity contribution >= 4 is 5.91 Å². The largest absolute Gasteiger partial charge is 0.337 e. The molecule has 1 amide bonds. The van der Waals surface area contributed by atoms with Crippen LogP contribution in [0.4, 0.5) is 0 Å². The van der Waals surface area contributed by atoms with Crippen LogP contribution in [0.15, 0.2) is 12.2 Å². The topological polar surface area (TPSA) is 32.3 Å². The van der Waals surface area contributed by atoms with Crippen LogP contribution in [0.2, 0.25) is 0 Å². The second kappa shape index (κ2) is 5.02. The molecule has 3 nitrogen and oxygen atoms in total. The van der Waals surface area contributed by atoms with Gasteiger partial charge in [-0.25, -0.2) is 0 Å². The van der Waals surface area contributed by atoms with E-state index >= 15 is 0 Å². The first-order valence-corrected chi connectivity index (χ1v) is 4.88. The van der Waals surface area contributed by atoms with Gasteiger partial charge in [0.2, 0.25) is 5.91 Å². The molecule has 0 spiro atoms. The van der Waals surface area contributed by atoms with Crippen LogP contribution in [0.5, 0.6) is 0 Å². The van der Waals surface area contributed by atoms with Gasteiger partial charge in [0.05, 0.1) is 0 Å². The van der Waals surface area contributed by atoms with E-state index in [2.05, 4.69) is 19.2 Å². The maximum Gasteiger partial charge on any atom is 0.246 e. The predicted molar refractivity (Wildman–Crippen MR) is 53.4 cm³/mol. The Morgan fingerprint density at radius 3 is 2.54 bits per heavy atom. The lowest BCUT2D eigenvalue weighted by Crippen LogP contribution is -2.45. The van der Waals surface area contributed by atoms with E-state index in [9.17, 15) is 4.79 Å². The molecule has 1 saturated heterocycles. The third kappa shape index (κ3) is 3.59. The van der Waals surface area contributed by atoms with Crippen molar-refractivity contribution in [3.63, 3.8) is 0 Å². The van der Waals surface area contributed by atoms with Crippen molar-refractivity contribution in [1.29, 1.82) is 0 Å². The lowest BCUT2D eigenvalue weighted by Gasteiger charge is -2.26. The molecule has 1 aliphatic rings. The zero-order valence-electron chi connectivity index (χ0n) is 8.42. The maximum atomic E-state index is 11.5. The molecule has 74 valence electrons. The number of rotatable bonds is 2. The lowest BCUT2D eigenvalue weighted by atomic mass is 10.2. The fourth-order valence-corrected chi connectivity index (χ4v) is 1.27. The van der Waals surface area contributed by atoms with E-state index in [0.29, 0.717) is 5.92 Å². The Morgan fingerprint density at radius 1 is 1.38 bits per heavy atom. The van der Waals surface area contributed by atoms with Gasteiger partial charge < -0.3 is 10.2 Å². The molecule has 1 heterocycles. The minimum Gasteiger partial charge on any atom is -0.337 e. The third-order valence-corrected chi connectivity index (χ3v) is 2.05. The van der Waals surface area contributed by atoms with Crippen LogP contribution in [0, 0.1) is 5.92 Å². The number of allylic oxidation sites excluding steroid dienone is 1. The highest BCUT2D eigenvalue weighted by Crippen LogP contribution is 1.98. The Bertz CT molecular complexity index is 193. The van der Waals surface area contributed by atoms with Crippen LogP contribution in [-0.2, 0) is 4.79 Å². The fraction of sp³-hybridized carbons (Fsp3) is 0.700.